The molecule has 11 heavy (non-hydrogen) atoms. The van der Waals surface area contributed by atoms with E-state index in [1.807, 2.05) is 19.1 Å². The van der Waals surface area contributed by atoms with Gasteiger partial charge in [-0.3, -0.25) is 0 Å². The first kappa shape index (κ1) is 8.88. The molecule has 0 fully saturated rings. The van der Waals surface area contributed by atoms with Gasteiger partial charge in [-0.05, 0) is 47.2 Å². The lowest BCUT2D eigenvalue weighted by Crippen LogP contribution is -1.86. The molecule has 0 atom stereocenters. The summed E-state index contributed by atoms with van der Waals surface area (Å²) in [5, 5.41) is 8.71. The molecule has 0 unspecified atom stereocenters. The summed E-state index contributed by atoms with van der Waals surface area (Å²) < 4.78 is 0.968. The molecule has 0 amide bonds. The van der Waals surface area contributed by atoms with Crippen LogP contribution in [-0.4, -0.2) is 0 Å². The zero-order valence-corrected chi connectivity index (χ0v) is 8.98. The Hall–Kier alpha value is -0.210. The molecular weight excluding hydrogens is 269 g/mol. The lowest BCUT2D eigenvalue weighted by Gasteiger charge is -2.00. The lowest BCUT2D eigenvalue weighted by atomic mass is 10.1. The maximum absolute atomic E-state index is 8.71. The second-order valence-corrected chi connectivity index (χ2v) is 3.91. The van der Waals surface area contributed by atoms with Gasteiger partial charge in [0.25, 0.3) is 0 Å². The average molecular weight is 275 g/mol. The molecule has 0 spiro atoms. The molecule has 0 saturated heterocycles. The van der Waals surface area contributed by atoms with E-state index in [9.17, 15) is 0 Å². The van der Waals surface area contributed by atoms with Gasteiger partial charge in [0.2, 0.25) is 0 Å². The van der Waals surface area contributed by atoms with Crippen molar-refractivity contribution in [1.82, 2.24) is 0 Å². The Morgan fingerprint density at radius 3 is 2.64 bits per heavy atom. The van der Waals surface area contributed by atoms with Gasteiger partial charge in [-0.25, -0.2) is 0 Å². The third kappa shape index (κ3) is 1.88. The number of hydrogen-bond donors (Lipinski definition) is 1. The molecule has 3 heteroatoms. The van der Waals surface area contributed by atoms with Crippen LogP contribution in [0.3, 0.4) is 0 Å². The summed E-state index contributed by atoms with van der Waals surface area (Å²) in [6.45, 7) is 1.92. The highest BCUT2D eigenvalue weighted by Crippen LogP contribution is 2.19. The van der Waals surface area contributed by atoms with Crippen LogP contribution in [0.25, 0.3) is 0 Å². The second-order valence-electron chi connectivity index (χ2n) is 2.23. The van der Waals surface area contributed by atoms with Gasteiger partial charge in [-0.1, -0.05) is 0 Å². The normalized spacial score (nSPS) is 9.27. The second kappa shape index (κ2) is 3.46. The molecule has 1 aromatic carbocycles. The number of halogens is 1. The molecule has 0 heterocycles. The third-order valence-electron chi connectivity index (χ3n) is 1.38. The molecule has 0 N–H and O–H groups in total. The van der Waals surface area contributed by atoms with E-state index in [0.717, 1.165) is 19.6 Å². The zero-order valence-electron chi connectivity index (χ0n) is 5.93. The molecule has 0 aromatic heterocycles. The predicted octanol–water partition coefficient (Wildman–Crippen LogP) is 2.76. The molecule has 1 aromatic rings. The number of nitrogens with zero attached hydrogens (tertiary/aromatic N) is 1. The van der Waals surface area contributed by atoms with Crippen molar-refractivity contribution in [3.05, 3.63) is 26.8 Å². The summed E-state index contributed by atoms with van der Waals surface area (Å²) in [6, 6.07) is 5.93. The molecule has 0 bridgehead atoms. The largest absolute Gasteiger partial charge is 0.192 e. The number of aryl methyl sites for hydroxylation is 1. The van der Waals surface area contributed by atoms with Crippen LogP contribution < -0.4 is 0 Å². The van der Waals surface area contributed by atoms with Crippen LogP contribution in [0.2, 0.25) is 0 Å². The maximum Gasteiger partial charge on any atom is 0.101 e. The summed E-state index contributed by atoms with van der Waals surface area (Å²) in [6.07, 6.45) is 0. The smallest absolute Gasteiger partial charge is 0.101 e. The Bertz CT molecular complexity index is 304. The topological polar surface area (TPSA) is 23.8 Å². The van der Waals surface area contributed by atoms with Crippen molar-refractivity contribution < 1.29 is 0 Å². The predicted molar refractivity (Wildman–Crippen MR) is 55.9 cm³/mol. The number of rotatable bonds is 0. The van der Waals surface area contributed by atoms with Gasteiger partial charge >= 0.3 is 0 Å². The van der Waals surface area contributed by atoms with E-state index >= 15 is 0 Å². The highest BCUT2D eigenvalue weighted by molar-refractivity contribution is 14.1. The highest BCUT2D eigenvalue weighted by atomic mass is 127. The SMILES string of the molecule is Cc1cc(S)cc(I)c1C#N. The molecular formula is C8H6INS. The van der Waals surface area contributed by atoms with Crippen molar-refractivity contribution >= 4 is 35.2 Å². The number of nitriles is 1. The number of benzene rings is 1. The minimum Gasteiger partial charge on any atom is -0.192 e. The molecule has 1 rings (SSSR count). The van der Waals surface area contributed by atoms with Crippen LogP contribution in [0, 0.1) is 21.8 Å². The molecule has 0 radical (unpaired) electrons. The first-order valence-electron chi connectivity index (χ1n) is 3.04. The first-order chi connectivity index (χ1) is 5.15. The van der Waals surface area contributed by atoms with E-state index in [4.69, 9.17) is 5.26 Å². The van der Waals surface area contributed by atoms with E-state index < -0.39 is 0 Å². The van der Waals surface area contributed by atoms with E-state index in [1.165, 1.54) is 0 Å². The van der Waals surface area contributed by atoms with Crippen molar-refractivity contribution in [3.8, 4) is 6.07 Å². The average Bonchev–Trinajstić information content (AvgIpc) is 1.85. The molecule has 56 valence electrons. The van der Waals surface area contributed by atoms with Crippen molar-refractivity contribution in [2.75, 3.05) is 0 Å². The number of hydrogen-bond acceptors (Lipinski definition) is 2. The Morgan fingerprint density at radius 1 is 1.55 bits per heavy atom. The highest BCUT2D eigenvalue weighted by Gasteiger charge is 2.02. The van der Waals surface area contributed by atoms with E-state index in [0.29, 0.717) is 0 Å². The van der Waals surface area contributed by atoms with Gasteiger partial charge in [0.05, 0.1) is 5.56 Å². The fourth-order valence-corrected chi connectivity index (χ4v) is 2.32. The number of thiol groups is 1. The molecule has 0 aliphatic rings. The molecule has 0 aliphatic carbocycles. The summed E-state index contributed by atoms with van der Waals surface area (Å²) in [7, 11) is 0. The van der Waals surface area contributed by atoms with Crippen molar-refractivity contribution in [1.29, 1.82) is 5.26 Å². The van der Waals surface area contributed by atoms with Crippen LogP contribution in [-0.2, 0) is 0 Å². The Kier molecular flexibility index (Phi) is 2.79. The van der Waals surface area contributed by atoms with Crippen molar-refractivity contribution in [2.45, 2.75) is 11.8 Å². The van der Waals surface area contributed by atoms with Gasteiger partial charge in [-0.15, -0.1) is 12.6 Å². The quantitative estimate of drug-likeness (QED) is 0.571. The van der Waals surface area contributed by atoms with Crippen LogP contribution in [0.15, 0.2) is 17.0 Å². The molecule has 1 nitrogen and oxygen atoms in total. The van der Waals surface area contributed by atoms with Gasteiger partial charge in [0.15, 0.2) is 0 Å². The fraction of sp³-hybridized carbons (Fsp3) is 0.125. The standard InChI is InChI=1S/C8H6INS/c1-5-2-6(11)3-8(9)7(5)4-10/h2-3,11H,1H3. The Labute approximate surface area is 85.0 Å². The summed E-state index contributed by atoms with van der Waals surface area (Å²) in [5.74, 6) is 0. The van der Waals surface area contributed by atoms with Gasteiger partial charge in [0, 0.05) is 8.47 Å². The summed E-state index contributed by atoms with van der Waals surface area (Å²) >= 11 is 6.34. The van der Waals surface area contributed by atoms with E-state index in [-0.39, 0.29) is 0 Å². The van der Waals surface area contributed by atoms with E-state index in [2.05, 4.69) is 41.3 Å². The van der Waals surface area contributed by atoms with Crippen LogP contribution in [0.5, 0.6) is 0 Å². The minimum absolute atomic E-state index is 0.753. The molecule has 0 aliphatic heterocycles. The van der Waals surface area contributed by atoms with Crippen molar-refractivity contribution in [2.24, 2.45) is 0 Å². The lowest BCUT2D eigenvalue weighted by molar-refractivity contribution is 1.30. The van der Waals surface area contributed by atoms with Crippen LogP contribution >= 0.6 is 35.2 Å². The zero-order chi connectivity index (χ0) is 8.43. The van der Waals surface area contributed by atoms with Gasteiger partial charge in [-0.2, -0.15) is 5.26 Å². The van der Waals surface area contributed by atoms with Gasteiger partial charge < -0.3 is 0 Å². The first-order valence-corrected chi connectivity index (χ1v) is 4.57. The van der Waals surface area contributed by atoms with Gasteiger partial charge in [0.1, 0.15) is 6.07 Å². The molecule has 0 saturated carbocycles. The van der Waals surface area contributed by atoms with Crippen molar-refractivity contribution in [3.63, 3.8) is 0 Å². The maximum atomic E-state index is 8.71. The Balaban J connectivity index is 3.40. The summed E-state index contributed by atoms with van der Waals surface area (Å²) in [4.78, 5) is 0.908. The summed E-state index contributed by atoms with van der Waals surface area (Å²) in [5.41, 5.74) is 1.74. The third-order valence-corrected chi connectivity index (χ3v) is 2.49. The van der Waals surface area contributed by atoms with E-state index in [1.54, 1.807) is 0 Å². The van der Waals surface area contributed by atoms with Crippen LogP contribution in [0.4, 0.5) is 0 Å². The minimum atomic E-state index is 0.753. The Morgan fingerprint density at radius 2 is 2.18 bits per heavy atom. The fourth-order valence-electron chi connectivity index (χ4n) is 0.868. The van der Waals surface area contributed by atoms with Crippen LogP contribution in [0.1, 0.15) is 11.1 Å². The monoisotopic (exact) mass is 275 g/mol.